The van der Waals surface area contributed by atoms with Crippen LogP contribution in [0.4, 0.5) is 5.82 Å². The molecule has 0 amide bonds. The normalized spacial score (nSPS) is 11.6. The van der Waals surface area contributed by atoms with Crippen molar-refractivity contribution in [1.82, 2.24) is 14.5 Å². The molecule has 4 N–H and O–H groups in total. The third-order valence-corrected chi connectivity index (χ3v) is 2.62. The van der Waals surface area contributed by atoms with Crippen molar-refractivity contribution in [2.45, 2.75) is 6.54 Å². The molecular formula is C6H13N5O2S. The Morgan fingerprint density at radius 2 is 2.29 bits per heavy atom. The Labute approximate surface area is 82.5 Å². The summed E-state index contributed by atoms with van der Waals surface area (Å²) in [5, 5.41) is 3.92. The fourth-order valence-electron chi connectivity index (χ4n) is 0.951. The van der Waals surface area contributed by atoms with E-state index in [4.69, 9.17) is 5.73 Å². The molecule has 14 heavy (non-hydrogen) atoms. The molecule has 0 radical (unpaired) electrons. The van der Waals surface area contributed by atoms with Crippen molar-refractivity contribution < 1.29 is 8.42 Å². The van der Waals surface area contributed by atoms with E-state index in [-0.39, 0.29) is 12.4 Å². The first-order valence-electron chi connectivity index (χ1n) is 3.92. The molecule has 0 saturated heterocycles. The molecule has 1 aromatic heterocycles. The van der Waals surface area contributed by atoms with Crippen molar-refractivity contribution in [2.24, 2.45) is 12.8 Å². The second-order valence-electron chi connectivity index (χ2n) is 2.69. The van der Waals surface area contributed by atoms with E-state index in [0.717, 1.165) is 0 Å². The predicted octanol–water partition coefficient (Wildman–Crippen LogP) is -1.25. The molecule has 0 spiro atoms. The molecule has 0 aromatic carbocycles. The molecule has 0 aliphatic rings. The van der Waals surface area contributed by atoms with Gasteiger partial charge in [-0.2, -0.15) is 13.5 Å². The minimum atomic E-state index is -3.52. The zero-order valence-electron chi connectivity index (χ0n) is 7.98. The van der Waals surface area contributed by atoms with Crippen LogP contribution < -0.4 is 15.2 Å². The van der Waals surface area contributed by atoms with Crippen LogP contribution in [0.2, 0.25) is 0 Å². The molecule has 7 nitrogen and oxygen atoms in total. The summed E-state index contributed by atoms with van der Waals surface area (Å²) in [6.45, 7) is 0.232. The lowest BCUT2D eigenvalue weighted by atomic mass is 10.3. The van der Waals surface area contributed by atoms with E-state index < -0.39 is 10.2 Å². The SMILES string of the molecule is CNS(=O)(=O)Nc1nn(C)cc1CN. The zero-order chi connectivity index (χ0) is 10.8. The Hall–Kier alpha value is -1.12. The van der Waals surface area contributed by atoms with Crippen LogP contribution >= 0.6 is 0 Å². The molecular weight excluding hydrogens is 206 g/mol. The topological polar surface area (TPSA) is 102 Å². The van der Waals surface area contributed by atoms with Crippen molar-refractivity contribution in [3.8, 4) is 0 Å². The quantitative estimate of drug-likeness (QED) is 0.589. The maximum absolute atomic E-state index is 11.1. The Kier molecular flexibility index (Phi) is 3.09. The molecule has 8 heteroatoms. The molecule has 1 rings (SSSR count). The lowest BCUT2D eigenvalue weighted by molar-refractivity contribution is 0.593. The second kappa shape index (κ2) is 3.95. The first kappa shape index (κ1) is 11.0. The van der Waals surface area contributed by atoms with Gasteiger partial charge in [-0.1, -0.05) is 0 Å². The van der Waals surface area contributed by atoms with E-state index in [9.17, 15) is 8.42 Å². The fourth-order valence-corrected chi connectivity index (χ4v) is 1.48. The molecule has 0 aliphatic carbocycles. The van der Waals surface area contributed by atoms with Gasteiger partial charge in [0.25, 0.3) is 10.2 Å². The van der Waals surface area contributed by atoms with Gasteiger partial charge in [0.1, 0.15) is 0 Å². The highest BCUT2D eigenvalue weighted by atomic mass is 32.2. The van der Waals surface area contributed by atoms with Crippen molar-refractivity contribution in [3.63, 3.8) is 0 Å². The lowest BCUT2D eigenvalue weighted by Gasteiger charge is -2.04. The first-order chi connectivity index (χ1) is 6.48. The van der Waals surface area contributed by atoms with Crippen LogP contribution in [-0.2, 0) is 23.8 Å². The third-order valence-electron chi connectivity index (χ3n) is 1.62. The van der Waals surface area contributed by atoms with Crippen molar-refractivity contribution >= 4 is 16.0 Å². The molecule has 0 saturated carbocycles. The average molecular weight is 219 g/mol. The van der Waals surface area contributed by atoms with Gasteiger partial charge >= 0.3 is 0 Å². The zero-order valence-corrected chi connectivity index (χ0v) is 8.80. The van der Waals surface area contributed by atoms with Gasteiger partial charge in [0.05, 0.1) is 0 Å². The number of nitrogens with zero attached hydrogens (tertiary/aromatic N) is 2. The van der Waals surface area contributed by atoms with E-state index in [1.165, 1.54) is 11.7 Å². The Balaban J connectivity index is 2.96. The number of hydrogen-bond acceptors (Lipinski definition) is 4. The summed E-state index contributed by atoms with van der Waals surface area (Å²) in [6.07, 6.45) is 1.66. The van der Waals surface area contributed by atoms with Crippen LogP contribution in [0.1, 0.15) is 5.56 Å². The Bertz CT molecular complexity index is 410. The van der Waals surface area contributed by atoms with Crippen LogP contribution in [0.5, 0.6) is 0 Å². The summed E-state index contributed by atoms with van der Waals surface area (Å²) in [7, 11) is -0.519. The Morgan fingerprint density at radius 1 is 1.64 bits per heavy atom. The van der Waals surface area contributed by atoms with Gasteiger partial charge in [-0.25, -0.2) is 4.72 Å². The summed E-state index contributed by atoms with van der Waals surface area (Å²) in [5.41, 5.74) is 6.06. The van der Waals surface area contributed by atoms with Gasteiger partial charge in [0.15, 0.2) is 5.82 Å². The van der Waals surface area contributed by atoms with Gasteiger partial charge < -0.3 is 5.73 Å². The van der Waals surface area contributed by atoms with Gasteiger partial charge in [-0.15, -0.1) is 0 Å². The summed E-state index contributed by atoms with van der Waals surface area (Å²) in [6, 6.07) is 0. The van der Waals surface area contributed by atoms with Gasteiger partial charge in [-0.05, 0) is 0 Å². The van der Waals surface area contributed by atoms with E-state index in [1.54, 1.807) is 13.2 Å². The highest BCUT2D eigenvalue weighted by Crippen LogP contribution is 2.12. The molecule has 0 bridgehead atoms. The van der Waals surface area contributed by atoms with E-state index in [0.29, 0.717) is 5.56 Å². The van der Waals surface area contributed by atoms with Crippen LogP contribution in [0.15, 0.2) is 6.20 Å². The molecule has 0 unspecified atom stereocenters. The monoisotopic (exact) mass is 219 g/mol. The van der Waals surface area contributed by atoms with Crippen LogP contribution in [-0.4, -0.2) is 25.2 Å². The van der Waals surface area contributed by atoms with Gasteiger partial charge in [0, 0.05) is 32.4 Å². The smallest absolute Gasteiger partial charge is 0.300 e. The lowest BCUT2D eigenvalue weighted by Crippen LogP contribution is -2.27. The third kappa shape index (κ3) is 2.44. The van der Waals surface area contributed by atoms with Crippen LogP contribution in [0.25, 0.3) is 0 Å². The fraction of sp³-hybridized carbons (Fsp3) is 0.500. The number of aryl methyl sites for hydroxylation is 1. The van der Waals surface area contributed by atoms with Crippen LogP contribution in [0, 0.1) is 0 Å². The molecule has 0 aliphatic heterocycles. The second-order valence-corrected chi connectivity index (χ2v) is 4.31. The average Bonchev–Trinajstić information content (AvgIpc) is 2.45. The van der Waals surface area contributed by atoms with E-state index in [2.05, 4.69) is 14.5 Å². The maximum Gasteiger partial charge on any atom is 0.300 e. The summed E-state index contributed by atoms with van der Waals surface area (Å²) < 4.78 is 28.1. The van der Waals surface area contributed by atoms with Crippen molar-refractivity contribution in [1.29, 1.82) is 0 Å². The Morgan fingerprint density at radius 3 is 2.79 bits per heavy atom. The molecule has 1 heterocycles. The number of nitrogens with one attached hydrogen (secondary N) is 2. The number of anilines is 1. The van der Waals surface area contributed by atoms with Gasteiger partial charge in [0.2, 0.25) is 0 Å². The molecule has 1 aromatic rings. The van der Waals surface area contributed by atoms with Crippen molar-refractivity contribution in [3.05, 3.63) is 11.8 Å². The summed E-state index contributed by atoms with van der Waals surface area (Å²) >= 11 is 0. The highest BCUT2D eigenvalue weighted by Gasteiger charge is 2.12. The number of rotatable bonds is 4. The predicted molar refractivity (Wildman–Crippen MR) is 52.7 cm³/mol. The minimum absolute atomic E-state index is 0.232. The number of nitrogens with two attached hydrogens (primary N) is 1. The standard InChI is InChI=1S/C6H13N5O2S/c1-8-14(12,13)10-6-5(3-7)4-11(2)9-6/h4,8H,3,7H2,1-2H3,(H,9,10). The van der Waals surface area contributed by atoms with Crippen molar-refractivity contribution in [2.75, 3.05) is 11.8 Å². The van der Waals surface area contributed by atoms with Gasteiger partial charge in [-0.3, -0.25) is 9.40 Å². The highest BCUT2D eigenvalue weighted by molar-refractivity contribution is 7.90. The van der Waals surface area contributed by atoms with E-state index in [1.807, 2.05) is 0 Å². The number of aromatic nitrogens is 2. The first-order valence-corrected chi connectivity index (χ1v) is 5.40. The van der Waals surface area contributed by atoms with E-state index >= 15 is 0 Å². The van der Waals surface area contributed by atoms with Crippen LogP contribution in [0.3, 0.4) is 0 Å². The summed E-state index contributed by atoms with van der Waals surface area (Å²) in [5.74, 6) is 0.254. The largest absolute Gasteiger partial charge is 0.326 e. The minimum Gasteiger partial charge on any atom is -0.326 e. The molecule has 0 atom stereocenters. The number of hydrogen-bond donors (Lipinski definition) is 3. The molecule has 0 fully saturated rings. The molecule has 80 valence electrons. The summed E-state index contributed by atoms with van der Waals surface area (Å²) in [4.78, 5) is 0. The maximum atomic E-state index is 11.1.